The van der Waals surface area contributed by atoms with E-state index in [-0.39, 0.29) is 5.69 Å². The molecule has 0 amide bonds. The SMILES string of the molecule is Cc1[nH]c(=O)n(Cc2ccc(-c3ccccc3-c3nn[nH]n3)cn2)c1CCCCCCc1ccccc1. The molecule has 2 N–H and O–H groups in total. The lowest BCUT2D eigenvalue weighted by Gasteiger charge is -2.10. The number of aromatic amines is 2. The summed E-state index contributed by atoms with van der Waals surface area (Å²) in [6.45, 7) is 2.42. The fourth-order valence-corrected chi connectivity index (χ4v) is 4.78. The first-order chi connectivity index (χ1) is 18.2. The molecular formula is C29H31N7O. The van der Waals surface area contributed by atoms with Crippen molar-refractivity contribution in [2.45, 2.75) is 52.0 Å². The van der Waals surface area contributed by atoms with Crippen LogP contribution in [0.2, 0.25) is 0 Å². The molecule has 0 bridgehead atoms. The largest absolute Gasteiger partial charge is 0.326 e. The summed E-state index contributed by atoms with van der Waals surface area (Å²) in [5, 5.41) is 14.4. The topological polar surface area (TPSA) is 105 Å². The molecule has 0 aliphatic carbocycles. The second kappa shape index (κ2) is 11.6. The smallest absolute Gasteiger partial charge is 0.310 e. The van der Waals surface area contributed by atoms with Gasteiger partial charge in [-0.3, -0.25) is 9.55 Å². The maximum atomic E-state index is 12.7. The van der Waals surface area contributed by atoms with Crippen LogP contribution in [0, 0.1) is 6.92 Å². The third-order valence-electron chi connectivity index (χ3n) is 6.74. The van der Waals surface area contributed by atoms with Gasteiger partial charge in [0.1, 0.15) is 0 Å². The van der Waals surface area contributed by atoms with Crippen molar-refractivity contribution in [2.24, 2.45) is 0 Å². The van der Waals surface area contributed by atoms with Crippen molar-refractivity contribution >= 4 is 0 Å². The molecule has 8 nitrogen and oxygen atoms in total. The number of pyridine rings is 1. The number of aryl methyl sites for hydroxylation is 2. The Bertz CT molecular complexity index is 1470. The van der Waals surface area contributed by atoms with E-state index in [0.29, 0.717) is 12.4 Å². The number of imidazole rings is 1. The van der Waals surface area contributed by atoms with Crippen LogP contribution < -0.4 is 5.69 Å². The minimum absolute atomic E-state index is 0.0788. The zero-order valence-electron chi connectivity index (χ0n) is 21.0. The Kier molecular flexibility index (Phi) is 7.64. The maximum absolute atomic E-state index is 12.7. The van der Waals surface area contributed by atoms with Crippen molar-refractivity contribution in [3.05, 3.63) is 106 Å². The van der Waals surface area contributed by atoms with Crippen molar-refractivity contribution in [3.8, 4) is 22.5 Å². The van der Waals surface area contributed by atoms with Crippen LogP contribution in [0.25, 0.3) is 22.5 Å². The zero-order chi connectivity index (χ0) is 25.5. The lowest BCUT2D eigenvalue weighted by molar-refractivity contribution is 0.613. The molecule has 0 fully saturated rings. The minimum atomic E-state index is -0.0788. The molecule has 5 rings (SSSR count). The predicted octanol–water partition coefficient (Wildman–Crippen LogP) is 5.12. The molecule has 5 aromatic rings. The number of rotatable bonds is 11. The second-order valence-corrected chi connectivity index (χ2v) is 9.31. The number of H-pyrrole nitrogens is 2. The fraction of sp³-hybridized carbons (Fsp3) is 0.276. The van der Waals surface area contributed by atoms with Crippen molar-refractivity contribution in [1.29, 1.82) is 0 Å². The Morgan fingerprint density at radius 1 is 0.838 bits per heavy atom. The molecule has 0 saturated carbocycles. The molecule has 3 aromatic heterocycles. The van der Waals surface area contributed by atoms with E-state index in [1.807, 2.05) is 54.1 Å². The normalized spacial score (nSPS) is 11.2. The lowest BCUT2D eigenvalue weighted by Crippen LogP contribution is -2.20. The van der Waals surface area contributed by atoms with Crippen LogP contribution in [0.4, 0.5) is 0 Å². The predicted molar refractivity (Wildman–Crippen MR) is 144 cm³/mol. The number of aromatic nitrogens is 7. The molecule has 0 spiro atoms. The Hall–Kier alpha value is -4.33. The van der Waals surface area contributed by atoms with Crippen LogP contribution in [0.15, 0.2) is 77.7 Å². The number of tetrazole rings is 1. The minimum Gasteiger partial charge on any atom is -0.310 e. The monoisotopic (exact) mass is 493 g/mol. The number of hydrogen-bond acceptors (Lipinski definition) is 5. The Morgan fingerprint density at radius 3 is 2.32 bits per heavy atom. The van der Waals surface area contributed by atoms with Gasteiger partial charge in [-0.15, -0.1) is 10.2 Å². The number of benzene rings is 2. The summed E-state index contributed by atoms with van der Waals surface area (Å²) in [6.07, 6.45) is 8.43. The molecule has 0 unspecified atom stereocenters. The van der Waals surface area contributed by atoms with E-state index in [9.17, 15) is 4.79 Å². The van der Waals surface area contributed by atoms with Crippen LogP contribution in [-0.4, -0.2) is 35.2 Å². The lowest BCUT2D eigenvalue weighted by atomic mass is 10.0. The van der Waals surface area contributed by atoms with Gasteiger partial charge in [0.2, 0.25) is 5.82 Å². The van der Waals surface area contributed by atoms with Gasteiger partial charge in [0.25, 0.3) is 0 Å². The summed E-state index contributed by atoms with van der Waals surface area (Å²) in [5.74, 6) is 0.540. The van der Waals surface area contributed by atoms with E-state index >= 15 is 0 Å². The van der Waals surface area contributed by atoms with Crippen molar-refractivity contribution in [3.63, 3.8) is 0 Å². The molecule has 0 saturated heterocycles. The van der Waals surface area contributed by atoms with Crippen molar-refractivity contribution in [2.75, 3.05) is 0 Å². The third-order valence-corrected chi connectivity index (χ3v) is 6.74. The standard InChI is InChI=1S/C29H31N7O/c1-21-27(16-8-3-2-5-11-22-12-6-4-7-13-22)36(29(37)31-21)20-24-18-17-23(19-30-24)25-14-9-10-15-26(25)28-32-34-35-33-28/h4,6-7,9-10,12-15,17-19H,2-3,5,8,11,16,20H2,1H3,(H,31,37)(H,32,33,34,35). The average Bonchev–Trinajstić information content (AvgIpc) is 3.56. The molecule has 0 atom stereocenters. The van der Waals surface area contributed by atoms with E-state index in [0.717, 1.165) is 59.5 Å². The number of nitrogens with zero attached hydrogens (tertiary/aromatic N) is 5. The first-order valence-corrected chi connectivity index (χ1v) is 12.8. The van der Waals surface area contributed by atoms with E-state index in [1.54, 1.807) is 0 Å². The summed E-state index contributed by atoms with van der Waals surface area (Å²) in [5.41, 5.74) is 6.99. The molecular weight excluding hydrogens is 462 g/mol. The Morgan fingerprint density at radius 2 is 1.59 bits per heavy atom. The molecule has 188 valence electrons. The zero-order valence-corrected chi connectivity index (χ0v) is 21.0. The van der Waals surface area contributed by atoms with Gasteiger partial charge < -0.3 is 4.98 Å². The van der Waals surface area contributed by atoms with Gasteiger partial charge in [0, 0.05) is 28.7 Å². The quantitative estimate of drug-likeness (QED) is 0.249. The van der Waals surface area contributed by atoms with Gasteiger partial charge >= 0.3 is 5.69 Å². The van der Waals surface area contributed by atoms with Gasteiger partial charge in [0.05, 0.1) is 12.2 Å². The molecule has 0 aliphatic heterocycles. The molecule has 3 heterocycles. The van der Waals surface area contributed by atoms with Gasteiger partial charge in [-0.1, -0.05) is 73.5 Å². The van der Waals surface area contributed by atoms with E-state index in [4.69, 9.17) is 0 Å². The van der Waals surface area contributed by atoms with Gasteiger partial charge in [-0.2, -0.15) is 5.21 Å². The number of unbranched alkanes of at least 4 members (excludes halogenated alkanes) is 3. The fourth-order valence-electron chi connectivity index (χ4n) is 4.78. The highest BCUT2D eigenvalue weighted by Crippen LogP contribution is 2.29. The van der Waals surface area contributed by atoms with Gasteiger partial charge in [0.15, 0.2) is 0 Å². The van der Waals surface area contributed by atoms with Crippen LogP contribution in [0.3, 0.4) is 0 Å². The van der Waals surface area contributed by atoms with E-state index < -0.39 is 0 Å². The highest BCUT2D eigenvalue weighted by atomic mass is 16.1. The molecule has 2 aromatic carbocycles. The van der Waals surface area contributed by atoms with E-state index in [2.05, 4.69) is 60.9 Å². The Labute approximate surface area is 215 Å². The number of hydrogen-bond donors (Lipinski definition) is 2. The summed E-state index contributed by atoms with van der Waals surface area (Å²) in [6, 6.07) is 22.5. The molecule has 0 radical (unpaired) electrons. The van der Waals surface area contributed by atoms with Gasteiger partial charge in [-0.05, 0) is 55.0 Å². The molecule has 0 aliphatic rings. The van der Waals surface area contributed by atoms with Crippen LogP contribution in [-0.2, 0) is 19.4 Å². The Balaban J connectivity index is 1.21. The van der Waals surface area contributed by atoms with E-state index in [1.165, 1.54) is 18.4 Å². The maximum Gasteiger partial charge on any atom is 0.326 e. The highest BCUT2D eigenvalue weighted by molar-refractivity contribution is 5.79. The highest BCUT2D eigenvalue weighted by Gasteiger charge is 2.14. The van der Waals surface area contributed by atoms with Crippen LogP contribution in [0.5, 0.6) is 0 Å². The molecule has 8 heteroatoms. The summed E-state index contributed by atoms with van der Waals surface area (Å²) in [4.78, 5) is 20.3. The first kappa shape index (κ1) is 24.4. The summed E-state index contributed by atoms with van der Waals surface area (Å²) >= 11 is 0. The second-order valence-electron chi connectivity index (χ2n) is 9.31. The third kappa shape index (κ3) is 5.91. The van der Waals surface area contributed by atoms with Crippen molar-refractivity contribution in [1.82, 2.24) is 35.2 Å². The van der Waals surface area contributed by atoms with Gasteiger partial charge in [-0.25, -0.2) is 4.79 Å². The summed E-state index contributed by atoms with van der Waals surface area (Å²) in [7, 11) is 0. The van der Waals surface area contributed by atoms with Crippen molar-refractivity contribution < 1.29 is 0 Å². The average molecular weight is 494 g/mol. The molecule has 37 heavy (non-hydrogen) atoms. The van der Waals surface area contributed by atoms with Crippen LogP contribution in [0.1, 0.15) is 48.3 Å². The summed E-state index contributed by atoms with van der Waals surface area (Å²) < 4.78 is 1.83. The van der Waals surface area contributed by atoms with Crippen LogP contribution >= 0.6 is 0 Å². The number of nitrogens with one attached hydrogen (secondary N) is 2. The first-order valence-electron chi connectivity index (χ1n) is 12.8.